The first-order valence-corrected chi connectivity index (χ1v) is 10.2. The molecule has 0 aliphatic carbocycles. The number of piperidine rings is 1. The summed E-state index contributed by atoms with van der Waals surface area (Å²) in [5, 5.41) is 7.31. The van der Waals surface area contributed by atoms with Gasteiger partial charge in [-0.05, 0) is 55.9 Å². The number of para-hydroxylation sites is 1. The topological polar surface area (TPSA) is 75.9 Å². The number of amides is 2. The molecule has 3 heterocycles. The van der Waals surface area contributed by atoms with Crippen molar-refractivity contribution in [3.05, 3.63) is 72.6 Å². The van der Waals surface area contributed by atoms with Gasteiger partial charge in [-0.25, -0.2) is 14.5 Å². The summed E-state index contributed by atoms with van der Waals surface area (Å²) in [5.41, 5.74) is 3.02. The lowest BCUT2D eigenvalue weighted by Crippen LogP contribution is -2.48. The largest absolute Gasteiger partial charge is 0.334 e. The van der Waals surface area contributed by atoms with Crippen molar-refractivity contribution in [3.63, 3.8) is 0 Å². The minimum atomic E-state index is 0.00381. The maximum Gasteiger partial charge on any atom is 0.317 e. The second-order valence-electron chi connectivity index (χ2n) is 7.33. The number of aryl methyl sites for hydroxylation is 1. The van der Waals surface area contributed by atoms with E-state index in [1.807, 2.05) is 53.6 Å². The van der Waals surface area contributed by atoms with Crippen LogP contribution in [0.25, 0.3) is 5.69 Å². The third-order valence-electron chi connectivity index (χ3n) is 5.44. The van der Waals surface area contributed by atoms with Gasteiger partial charge in [0.05, 0.1) is 5.69 Å². The number of nitrogens with zero attached hydrogens (tertiary/aromatic N) is 5. The summed E-state index contributed by atoms with van der Waals surface area (Å²) >= 11 is 0. The van der Waals surface area contributed by atoms with Gasteiger partial charge in [-0.15, -0.1) is 0 Å². The minimum Gasteiger partial charge on any atom is -0.334 e. The van der Waals surface area contributed by atoms with E-state index in [9.17, 15) is 4.79 Å². The van der Waals surface area contributed by atoms with Gasteiger partial charge in [-0.3, -0.25) is 4.98 Å². The molecule has 0 spiro atoms. The number of carbonyl (C=O) groups excluding carboxylic acids is 1. The molecule has 4 rings (SSSR count). The summed E-state index contributed by atoms with van der Waals surface area (Å²) < 4.78 is 1.72. The van der Waals surface area contributed by atoms with Crippen LogP contribution in [0.5, 0.6) is 0 Å². The highest BCUT2D eigenvalue weighted by atomic mass is 16.2. The fourth-order valence-corrected chi connectivity index (χ4v) is 3.92. The molecule has 0 saturated carbocycles. The number of rotatable bonds is 6. The molecule has 1 aliphatic rings. The molecule has 0 bridgehead atoms. The molecule has 1 N–H and O–H groups in total. The molecule has 7 nitrogen and oxygen atoms in total. The Kier molecular flexibility index (Phi) is 6.14. The van der Waals surface area contributed by atoms with Crippen LogP contribution in [0, 0.1) is 0 Å². The molecular formula is C22H26N6O. The van der Waals surface area contributed by atoms with Gasteiger partial charge in [0.1, 0.15) is 12.7 Å². The van der Waals surface area contributed by atoms with Crippen molar-refractivity contribution in [3.8, 4) is 5.69 Å². The zero-order valence-electron chi connectivity index (χ0n) is 16.4. The standard InChI is InChI=1S/C22H26N6O/c29-22(25-15-18-7-1-2-10-21(18)28-17-23-16-26-28)27-14-6-4-9-20(27)12-11-19-8-3-5-13-24-19/h1-3,5,7-8,10,13,16-17,20H,4,6,9,11-12,14-15H2,(H,25,29)/t20-/m0/s1. The summed E-state index contributed by atoms with van der Waals surface area (Å²) in [6.07, 6.45) is 10.1. The number of benzene rings is 1. The predicted octanol–water partition coefficient (Wildman–Crippen LogP) is 3.36. The number of hydrogen-bond acceptors (Lipinski definition) is 4. The second kappa shape index (κ2) is 9.32. The Hall–Kier alpha value is -3.22. The van der Waals surface area contributed by atoms with Crippen molar-refractivity contribution in [1.29, 1.82) is 0 Å². The van der Waals surface area contributed by atoms with E-state index in [1.165, 1.54) is 12.7 Å². The van der Waals surface area contributed by atoms with Crippen LogP contribution in [0.2, 0.25) is 0 Å². The molecule has 2 amide bonds. The number of nitrogens with one attached hydrogen (secondary N) is 1. The van der Waals surface area contributed by atoms with Crippen LogP contribution in [-0.4, -0.2) is 43.3 Å². The first-order valence-electron chi connectivity index (χ1n) is 10.2. The molecule has 0 unspecified atom stereocenters. The van der Waals surface area contributed by atoms with Gasteiger partial charge in [-0.1, -0.05) is 24.3 Å². The highest BCUT2D eigenvalue weighted by Gasteiger charge is 2.26. The van der Waals surface area contributed by atoms with E-state index in [1.54, 1.807) is 11.0 Å². The molecule has 1 atom stereocenters. The molecule has 150 valence electrons. The third kappa shape index (κ3) is 4.80. The van der Waals surface area contributed by atoms with Crippen LogP contribution in [0.4, 0.5) is 4.79 Å². The average Bonchev–Trinajstić information content (AvgIpc) is 3.32. The van der Waals surface area contributed by atoms with Crippen LogP contribution in [0.3, 0.4) is 0 Å². The highest BCUT2D eigenvalue weighted by Crippen LogP contribution is 2.21. The van der Waals surface area contributed by atoms with Crippen LogP contribution >= 0.6 is 0 Å². The first-order chi connectivity index (χ1) is 14.3. The van der Waals surface area contributed by atoms with Gasteiger partial charge in [0.25, 0.3) is 0 Å². The Morgan fingerprint density at radius 2 is 2.03 bits per heavy atom. The Morgan fingerprint density at radius 3 is 2.86 bits per heavy atom. The monoisotopic (exact) mass is 390 g/mol. The Morgan fingerprint density at radius 1 is 1.14 bits per heavy atom. The van der Waals surface area contributed by atoms with E-state index in [0.717, 1.165) is 49.2 Å². The van der Waals surface area contributed by atoms with Crippen LogP contribution in [0.1, 0.15) is 36.9 Å². The van der Waals surface area contributed by atoms with Crippen molar-refractivity contribution in [1.82, 2.24) is 30.0 Å². The number of hydrogen-bond donors (Lipinski definition) is 1. The van der Waals surface area contributed by atoms with E-state index < -0.39 is 0 Å². The van der Waals surface area contributed by atoms with Crippen molar-refractivity contribution < 1.29 is 4.79 Å². The summed E-state index contributed by atoms with van der Waals surface area (Å²) in [6.45, 7) is 1.27. The summed E-state index contributed by atoms with van der Waals surface area (Å²) in [4.78, 5) is 23.4. The number of urea groups is 1. The van der Waals surface area contributed by atoms with E-state index in [4.69, 9.17) is 0 Å². The van der Waals surface area contributed by atoms with Crippen molar-refractivity contribution in [2.24, 2.45) is 0 Å². The average molecular weight is 390 g/mol. The number of pyridine rings is 1. The van der Waals surface area contributed by atoms with E-state index in [2.05, 4.69) is 20.4 Å². The second-order valence-corrected chi connectivity index (χ2v) is 7.33. The molecule has 29 heavy (non-hydrogen) atoms. The van der Waals surface area contributed by atoms with Gasteiger partial charge in [0, 0.05) is 31.0 Å². The molecule has 3 aromatic rings. The number of aromatic nitrogens is 4. The summed E-state index contributed by atoms with van der Waals surface area (Å²) in [6, 6.07) is 14.2. The molecule has 2 aromatic heterocycles. The quantitative estimate of drug-likeness (QED) is 0.700. The van der Waals surface area contributed by atoms with Gasteiger partial charge in [0.2, 0.25) is 0 Å². The highest BCUT2D eigenvalue weighted by molar-refractivity contribution is 5.74. The molecule has 1 fully saturated rings. The van der Waals surface area contributed by atoms with Crippen molar-refractivity contribution in [2.45, 2.75) is 44.7 Å². The lowest BCUT2D eigenvalue weighted by atomic mass is 9.97. The van der Waals surface area contributed by atoms with Gasteiger partial charge in [-0.2, -0.15) is 5.10 Å². The molecular weight excluding hydrogens is 364 g/mol. The van der Waals surface area contributed by atoms with E-state index in [0.29, 0.717) is 6.54 Å². The molecule has 7 heteroatoms. The molecule has 1 aromatic carbocycles. The van der Waals surface area contributed by atoms with Crippen molar-refractivity contribution in [2.75, 3.05) is 6.54 Å². The van der Waals surface area contributed by atoms with Crippen LogP contribution < -0.4 is 5.32 Å². The normalized spacial score (nSPS) is 16.6. The van der Waals surface area contributed by atoms with Crippen LogP contribution in [0.15, 0.2) is 61.3 Å². The Labute approximate surface area is 170 Å². The maximum absolute atomic E-state index is 13.0. The predicted molar refractivity (Wildman–Crippen MR) is 110 cm³/mol. The van der Waals surface area contributed by atoms with Gasteiger partial charge in [0.15, 0.2) is 0 Å². The van der Waals surface area contributed by atoms with E-state index in [-0.39, 0.29) is 12.1 Å². The third-order valence-corrected chi connectivity index (χ3v) is 5.44. The zero-order valence-corrected chi connectivity index (χ0v) is 16.4. The number of likely N-dealkylation sites (tertiary alicyclic amines) is 1. The van der Waals surface area contributed by atoms with Crippen LogP contribution in [-0.2, 0) is 13.0 Å². The number of carbonyl (C=O) groups is 1. The Balaban J connectivity index is 1.38. The lowest BCUT2D eigenvalue weighted by molar-refractivity contribution is 0.146. The lowest BCUT2D eigenvalue weighted by Gasteiger charge is -2.36. The summed E-state index contributed by atoms with van der Waals surface area (Å²) in [5.74, 6) is 0. The van der Waals surface area contributed by atoms with Crippen molar-refractivity contribution >= 4 is 6.03 Å². The molecule has 1 aliphatic heterocycles. The fourth-order valence-electron chi connectivity index (χ4n) is 3.92. The Bertz CT molecular complexity index is 912. The molecule has 0 radical (unpaired) electrons. The first kappa shape index (κ1) is 19.1. The zero-order chi connectivity index (χ0) is 19.9. The van der Waals surface area contributed by atoms with Gasteiger partial charge < -0.3 is 10.2 Å². The fraction of sp³-hybridized carbons (Fsp3) is 0.364. The smallest absolute Gasteiger partial charge is 0.317 e. The minimum absolute atomic E-state index is 0.00381. The van der Waals surface area contributed by atoms with E-state index >= 15 is 0 Å². The molecule has 1 saturated heterocycles. The summed E-state index contributed by atoms with van der Waals surface area (Å²) in [7, 11) is 0. The SMILES string of the molecule is O=C(NCc1ccccc1-n1cncn1)N1CCCC[C@H]1CCc1ccccn1. The van der Waals surface area contributed by atoms with Gasteiger partial charge >= 0.3 is 6.03 Å². The maximum atomic E-state index is 13.0.